The number of nitrogens with one attached hydrogen (secondary N) is 2. The van der Waals surface area contributed by atoms with Crippen molar-refractivity contribution in [3.63, 3.8) is 0 Å². The number of thioether (sulfide) groups is 4. The van der Waals surface area contributed by atoms with Crippen molar-refractivity contribution in [3.05, 3.63) is 65.4 Å². The van der Waals surface area contributed by atoms with Crippen LogP contribution in [0.3, 0.4) is 0 Å². The Labute approximate surface area is 579 Å². The summed E-state index contributed by atoms with van der Waals surface area (Å²) >= 11 is 6.61. The molecule has 4 atom stereocenters. The summed E-state index contributed by atoms with van der Waals surface area (Å²) in [6.45, 7) is 0. The molecule has 8 rings (SSSR count). The van der Waals surface area contributed by atoms with Crippen LogP contribution in [-0.4, -0.2) is 195 Å². The molecule has 2 saturated heterocycles. The molecular weight excluding hydrogens is 1280 g/mol. The fraction of sp³-hybridized carbons (Fsp3) is 0.333. The summed E-state index contributed by atoms with van der Waals surface area (Å²) in [4.78, 5) is 125. The van der Waals surface area contributed by atoms with E-state index in [1.165, 1.54) is 62.6 Å². The minimum Gasteiger partial charge on any atom is -0.854 e. The van der Waals surface area contributed by atoms with Crippen LogP contribution in [0.2, 0.25) is 0 Å². The number of anilines is 2. The van der Waals surface area contributed by atoms with E-state index >= 15 is 0 Å². The molecule has 0 aromatic carbocycles. The molecule has 0 aliphatic carbocycles. The topological polar surface area (TPSA) is 662 Å². The number of aryl methyl sites for hydroxylation is 2. The Morgan fingerprint density at radius 1 is 0.627 bits per heavy atom. The van der Waals surface area contributed by atoms with Crippen molar-refractivity contribution < 1.29 is 215 Å². The van der Waals surface area contributed by atoms with E-state index in [-0.39, 0.29) is 234 Å². The zero-order chi connectivity index (χ0) is 52.3. The molecule has 2 fully saturated rings. The van der Waals surface area contributed by atoms with Gasteiger partial charge in [0.15, 0.2) is 32.0 Å². The van der Waals surface area contributed by atoms with Crippen LogP contribution in [-0.2, 0) is 52.5 Å². The Kier molecular flexibility index (Phi) is 41.0. The largest absolute Gasteiger partial charge is 1.00 e. The number of nitrogens with zero attached hydrogens (tertiary/aromatic N) is 12. The van der Waals surface area contributed by atoms with Crippen molar-refractivity contribution in [2.45, 2.75) is 33.1 Å². The number of nitrogens with two attached hydrogens (primary N) is 2. The van der Waals surface area contributed by atoms with E-state index in [0.717, 1.165) is 65.4 Å². The van der Waals surface area contributed by atoms with Gasteiger partial charge in [-0.3, -0.25) is 38.6 Å². The number of carbonyl (C=O) groups is 6. The number of carbonyl (C=O) groups excluding carboxylic acids is 6. The van der Waals surface area contributed by atoms with Gasteiger partial charge in [-0.2, -0.15) is 20.2 Å². The second-order valence-electron chi connectivity index (χ2n) is 14.4. The number of carboxylic acid groups (broad SMARTS) is 2. The number of hydrogen-bond donors (Lipinski definition) is 4. The van der Waals surface area contributed by atoms with Crippen molar-refractivity contribution in [2.75, 3.05) is 48.7 Å². The van der Waals surface area contributed by atoms with Crippen LogP contribution in [0.5, 0.6) is 11.8 Å². The summed E-state index contributed by atoms with van der Waals surface area (Å²) < 4.78 is 2.23. The van der Waals surface area contributed by atoms with Gasteiger partial charge in [0.25, 0.3) is 34.7 Å². The van der Waals surface area contributed by atoms with Crippen LogP contribution in [0.4, 0.5) is 10.3 Å². The number of oxime groups is 2. The second kappa shape index (κ2) is 38.6. The maximum atomic E-state index is 12.9. The van der Waals surface area contributed by atoms with Gasteiger partial charge in [-0.25, -0.2) is 19.3 Å². The van der Waals surface area contributed by atoms with Crippen LogP contribution in [0, 0.1) is 0 Å². The molecule has 37 nitrogen and oxygen atoms in total. The van der Waals surface area contributed by atoms with Crippen LogP contribution < -0.4 is 172 Å². The molecule has 20 N–H and O–H groups in total. The Bertz CT molecular complexity index is 2980. The quantitative estimate of drug-likeness (QED) is 0.0266. The Morgan fingerprint density at radius 2 is 0.952 bits per heavy atom. The van der Waals surface area contributed by atoms with E-state index in [4.69, 9.17) is 21.1 Å². The number of hydrogen-bond acceptors (Lipinski definition) is 30. The van der Waals surface area contributed by atoms with Crippen molar-refractivity contribution in [2.24, 2.45) is 24.4 Å². The van der Waals surface area contributed by atoms with Gasteiger partial charge in [-0.05, 0) is 11.1 Å². The molecule has 4 aliphatic heterocycles. The van der Waals surface area contributed by atoms with Gasteiger partial charge in [0.2, 0.25) is 0 Å². The van der Waals surface area contributed by atoms with Gasteiger partial charge in [0.05, 0.1) is 35.1 Å². The fourth-order valence-corrected chi connectivity index (χ4v) is 12.7. The molecule has 4 aromatic heterocycles. The Morgan fingerprint density at radius 3 is 1.23 bits per heavy atom. The molecule has 2 unspecified atom stereocenters. The van der Waals surface area contributed by atoms with Gasteiger partial charge < -0.3 is 100 Å². The van der Waals surface area contributed by atoms with E-state index in [2.05, 4.69) is 51.1 Å². The number of β-lactam (4-membered cyclic amide) rings is 2. The van der Waals surface area contributed by atoms with E-state index in [0.29, 0.717) is 11.1 Å². The summed E-state index contributed by atoms with van der Waals surface area (Å²) in [5, 5.41) is 68.2. The standard InChI is InChI=1S/2C18H18N8O7S3.4Na.7H2O/c2*1-25-18(22-12(28)13(29)23-25)36-4-6-3-34-15-9(14(30)26(15)10(6)16(31)32)21-11(27)8(24-33-2)7-5-35-17(19)20-7;;;;;;;;;;;/h2*5,9,15H,3-4H2,1-2H3,(H2,19,20)(H,21,27)(H,23,29)(H,31,32);;;;;7*1H2/q;;4*+1;;;;;;;/p-4/b2*24-8-;;;;;;;;;;;/t2*9?,15-;;;;;;;;;;;/m11.........../s1. The number of rotatable bonds is 16. The van der Waals surface area contributed by atoms with Crippen LogP contribution >= 0.6 is 69.7 Å². The smallest absolute Gasteiger partial charge is 0.854 e. The van der Waals surface area contributed by atoms with E-state index in [1.54, 1.807) is 0 Å². The third kappa shape index (κ3) is 19.7. The summed E-state index contributed by atoms with van der Waals surface area (Å²) in [7, 11) is 5.32. The third-order valence-corrected chi connectivity index (χ3v) is 16.2. The molecule has 0 spiro atoms. The first-order valence-electron chi connectivity index (χ1n) is 19.8. The first-order chi connectivity index (χ1) is 34.2. The number of amides is 4. The van der Waals surface area contributed by atoms with Crippen LogP contribution in [0.1, 0.15) is 11.4 Å². The molecule has 436 valence electrons. The molecule has 47 heteroatoms. The van der Waals surface area contributed by atoms with Gasteiger partial charge in [-0.1, -0.05) is 33.8 Å². The van der Waals surface area contributed by atoms with Gasteiger partial charge in [0, 0.05) is 47.9 Å². The predicted molar refractivity (Wildman–Crippen MR) is 274 cm³/mol. The first-order valence-corrected chi connectivity index (χ1v) is 25.6. The molecule has 83 heavy (non-hydrogen) atoms. The maximum absolute atomic E-state index is 12.9. The number of fused-ring (bicyclic) bond motifs is 2. The van der Waals surface area contributed by atoms with Crippen molar-refractivity contribution in [3.8, 4) is 11.8 Å². The molecule has 0 saturated carbocycles. The molecule has 8 heterocycles. The SMILES string of the molecule is CO/N=C(\C(=O)NC1C(=O)N2C(C(=O)[O-])=C(CSc3nc(=O)c([O-])nn3C)CS[C@H]12)c1csc(N)n1.CO/N=C(\C(=O)NC1C(=O)N2C(C(=O)[O-])=C(CSc3nc(=O)c([O-])nn3C)CS[C@H]12)c1csc(N)n1.O.O.O.O.O.O.O.[Na+].[Na+].[Na+].[Na+]. The number of carboxylic acids is 2. The molecule has 4 aromatic rings. The zero-order valence-electron chi connectivity index (χ0n) is 44.5. The molecule has 0 radical (unpaired) electrons. The van der Waals surface area contributed by atoms with Crippen molar-refractivity contribution >= 4 is 127 Å². The van der Waals surface area contributed by atoms with E-state index in [9.17, 15) is 58.8 Å². The monoisotopic (exact) mass is 1320 g/mol. The maximum Gasteiger partial charge on any atom is 1.00 e. The van der Waals surface area contributed by atoms with Crippen LogP contribution in [0.25, 0.3) is 0 Å². The summed E-state index contributed by atoms with van der Waals surface area (Å²) in [5.41, 5.74) is 9.14. The van der Waals surface area contributed by atoms with Crippen LogP contribution in [0.15, 0.2) is 63.5 Å². The van der Waals surface area contributed by atoms with Gasteiger partial charge >= 0.3 is 118 Å². The molecule has 4 amide bonds. The minimum atomic E-state index is -1.57. The Balaban J connectivity index is -0.000000431. The average Bonchev–Trinajstić information content (AvgIpc) is 3.98. The van der Waals surface area contributed by atoms with Crippen molar-refractivity contribution in [1.82, 2.24) is 59.9 Å². The summed E-state index contributed by atoms with van der Waals surface area (Å²) in [6.07, 6.45) is 0. The van der Waals surface area contributed by atoms with Gasteiger partial charge in [-0.15, -0.1) is 46.2 Å². The molecular formula is C36H46N16Na4O21S6. The molecule has 4 aliphatic rings. The molecule has 0 bridgehead atoms. The number of nitrogen functional groups attached to an aromatic ring is 2. The summed E-state index contributed by atoms with van der Waals surface area (Å²) in [6, 6.07) is -2.05. The fourth-order valence-electron chi connectivity index (χ4n) is 6.78. The number of thiazole rings is 2. The van der Waals surface area contributed by atoms with Gasteiger partial charge in [0.1, 0.15) is 48.4 Å². The predicted octanol–water partition coefficient (Wildman–Crippen LogP) is -24.1. The average molecular weight is 1320 g/mol. The zero-order valence-corrected chi connectivity index (χ0v) is 57.4. The number of aliphatic carboxylic acids is 2. The van der Waals surface area contributed by atoms with E-state index < -0.39 is 81.3 Å². The summed E-state index contributed by atoms with van der Waals surface area (Å²) in [5.74, 6) is -7.48. The van der Waals surface area contributed by atoms with Crippen molar-refractivity contribution in [1.29, 1.82) is 0 Å². The normalized spacial score (nSPS) is 17.0. The van der Waals surface area contributed by atoms with E-state index in [1.807, 2.05) is 0 Å². The minimum absolute atomic E-state index is 0. The number of aromatic nitrogens is 8. The Hall–Kier alpha value is -3.56. The second-order valence-corrected chi connectivity index (χ2v) is 20.3. The first kappa shape index (κ1) is 88.2. The third-order valence-electron chi connectivity index (χ3n) is 9.93.